The molecule has 0 saturated carbocycles. The zero-order valence-corrected chi connectivity index (χ0v) is 16.0. The number of halogens is 2. The zero-order valence-electron chi connectivity index (χ0n) is 12.8. The molecule has 3 rings (SSSR count). The van der Waals surface area contributed by atoms with Gasteiger partial charge in [-0.15, -0.1) is 12.4 Å². The standard InChI is InChI=1S/C15H21BrN2O2S.ClH/c1-10-8-15(11(2)7-14(10)16)21(19,20)18-12-3-4-13(18)9-17-6-5-12;/h7-8,12-13,17H,3-6,9H2,1-2H3;1H. The van der Waals surface area contributed by atoms with Crippen molar-refractivity contribution in [3.8, 4) is 0 Å². The highest BCUT2D eigenvalue weighted by Gasteiger charge is 2.43. The van der Waals surface area contributed by atoms with E-state index in [0.29, 0.717) is 4.90 Å². The molecule has 7 heteroatoms. The molecule has 4 nitrogen and oxygen atoms in total. The predicted octanol–water partition coefficient (Wildman–Crippen LogP) is 3.00. The fourth-order valence-corrected chi connectivity index (χ4v) is 6.13. The van der Waals surface area contributed by atoms with Crippen LogP contribution in [0.3, 0.4) is 0 Å². The molecule has 2 aliphatic rings. The Bertz CT molecular complexity index is 652. The largest absolute Gasteiger partial charge is 0.315 e. The van der Waals surface area contributed by atoms with Gasteiger partial charge in [-0.25, -0.2) is 8.42 Å². The number of benzene rings is 1. The second-order valence-corrected chi connectivity index (χ2v) is 8.75. The van der Waals surface area contributed by atoms with Crippen LogP contribution >= 0.6 is 28.3 Å². The van der Waals surface area contributed by atoms with E-state index < -0.39 is 10.0 Å². The number of fused-ring (bicyclic) bond motifs is 2. The summed E-state index contributed by atoms with van der Waals surface area (Å²) in [6, 6.07) is 3.95. The van der Waals surface area contributed by atoms with Crippen molar-refractivity contribution >= 4 is 38.4 Å². The minimum atomic E-state index is -3.42. The Hall–Kier alpha value is -0.140. The molecule has 2 aliphatic heterocycles. The minimum Gasteiger partial charge on any atom is -0.315 e. The van der Waals surface area contributed by atoms with Gasteiger partial charge in [-0.2, -0.15) is 4.31 Å². The highest BCUT2D eigenvalue weighted by molar-refractivity contribution is 9.10. The van der Waals surface area contributed by atoms with Gasteiger partial charge in [0.05, 0.1) is 4.90 Å². The summed E-state index contributed by atoms with van der Waals surface area (Å²) in [7, 11) is -3.42. The molecule has 2 bridgehead atoms. The van der Waals surface area contributed by atoms with Crippen molar-refractivity contribution in [2.75, 3.05) is 13.1 Å². The monoisotopic (exact) mass is 408 g/mol. The van der Waals surface area contributed by atoms with E-state index in [1.54, 1.807) is 10.4 Å². The lowest BCUT2D eigenvalue weighted by Gasteiger charge is -2.27. The molecule has 0 aromatic heterocycles. The molecule has 1 aromatic rings. The summed E-state index contributed by atoms with van der Waals surface area (Å²) < 4.78 is 29.1. The Kier molecular flexibility index (Phi) is 5.60. The molecule has 2 fully saturated rings. The summed E-state index contributed by atoms with van der Waals surface area (Å²) in [5.74, 6) is 0. The van der Waals surface area contributed by atoms with Crippen LogP contribution in [0.5, 0.6) is 0 Å². The highest BCUT2D eigenvalue weighted by atomic mass is 79.9. The van der Waals surface area contributed by atoms with Gasteiger partial charge in [-0.3, -0.25) is 0 Å². The van der Waals surface area contributed by atoms with Crippen LogP contribution in [0.15, 0.2) is 21.5 Å². The second kappa shape index (κ2) is 6.77. The number of nitrogens with one attached hydrogen (secondary N) is 1. The molecule has 22 heavy (non-hydrogen) atoms. The van der Waals surface area contributed by atoms with Crippen LogP contribution in [-0.2, 0) is 10.0 Å². The Balaban J connectivity index is 0.00000176. The van der Waals surface area contributed by atoms with Crippen LogP contribution in [0, 0.1) is 13.8 Å². The summed E-state index contributed by atoms with van der Waals surface area (Å²) in [6.45, 7) is 5.48. The number of sulfonamides is 1. The van der Waals surface area contributed by atoms with E-state index in [1.165, 1.54) is 0 Å². The average molecular weight is 410 g/mol. The third-order valence-corrected chi connectivity index (χ3v) is 7.60. The van der Waals surface area contributed by atoms with Gasteiger partial charge in [-0.1, -0.05) is 15.9 Å². The van der Waals surface area contributed by atoms with Crippen LogP contribution < -0.4 is 5.32 Å². The van der Waals surface area contributed by atoms with E-state index in [2.05, 4.69) is 21.2 Å². The molecule has 0 aliphatic carbocycles. The number of aryl methyl sites for hydroxylation is 2. The average Bonchev–Trinajstić information content (AvgIpc) is 2.68. The van der Waals surface area contributed by atoms with Crippen molar-refractivity contribution in [3.05, 3.63) is 27.7 Å². The topological polar surface area (TPSA) is 49.4 Å². The summed E-state index contributed by atoms with van der Waals surface area (Å²) in [6.07, 6.45) is 2.86. The Morgan fingerprint density at radius 2 is 1.82 bits per heavy atom. The summed E-state index contributed by atoms with van der Waals surface area (Å²) in [5, 5.41) is 3.35. The van der Waals surface area contributed by atoms with E-state index in [4.69, 9.17) is 0 Å². The van der Waals surface area contributed by atoms with E-state index in [0.717, 1.165) is 48.0 Å². The molecule has 1 aromatic carbocycles. The van der Waals surface area contributed by atoms with Crippen LogP contribution in [0.25, 0.3) is 0 Å². The zero-order chi connectivity index (χ0) is 15.2. The molecule has 0 spiro atoms. The van der Waals surface area contributed by atoms with Crippen LogP contribution in [0.2, 0.25) is 0 Å². The normalized spacial score (nSPS) is 25.6. The summed E-state index contributed by atoms with van der Waals surface area (Å²) >= 11 is 3.47. The maximum absolute atomic E-state index is 13.2. The SMILES string of the molecule is Cc1cc(S(=O)(=O)N2C3CCNCC2CC3)c(C)cc1Br.Cl. The molecule has 1 N–H and O–H groups in total. The number of hydrogen-bond donors (Lipinski definition) is 1. The van der Waals surface area contributed by atoms with Crippen LogP contribution in [0.1, 0.15) is 30.4 Å². The number of rotatable bonds is 2. The molecule has 124 valence electrons. The van der Waals surface area contributed by atoms with Gasteiger partial charge in [0, 0.05) is 23.1 Å². The number of hydrogen-bond acceptors (Lipinski definition) is 3. The lowest BCUT2D eigenvalue weighted by molar-refractivity contribution is 0.334. The van der Waals surface area contributed by atoms with Crippen molar-refractivity contribution < 1.29 is 8.42 Å². The molecule has 2 saturated heterocycles. The number of nitrogens with zero attached hydrogens (tertiary/aromatic N) is 1. The van der Waals surface area contributed by atoms with E-state index in [1.807, 2.05) is 19.9 Å². The molecule has 2 heterocycles. The molecule has 2 atom stereocenters. The fraction of sp³-hybridized carbons (Fsp3) is 0.600. The van der Waals surface area contributed by atoms with Gasteiger partial charge in [0.1, 0.15) is 0 Å². The van der Waals surface area contributed by atoms with Gasteiger partial charge in [0.15, 0.2) is 0 Å². The molecular formula is C15H22BrClN2O2S. The van der Waals surface area contributed by atoms with E-state index in [-0.39, 0.29) is 24.5 Å². The lowest BCUT2D eigenvalue weighted by atomic mass is 10.1. The van der Waals surface area contributed by atoms with Crippen molar-refractivity contribution in [2.45, 2.75) is 50.1 Å². The van der Waals surface area contributed by atoms with Gasteiger partial charge in [0.2, 0.25) is 10.0 Å². The van der Waals surface area contributed by atoms with Crippen molar-refractivity contribution in [1.82, 2.24) is 9.62 Å². The van der Waals surface area contributed by atoms with Gasteiger partial charge < -0.3 is 5.32 Å². The minimum absolute atomic E-state index is 0. The lowest BCUT2D eigenvalue weighted by Crippen LogP contribution is -2.42. The Labute approximate surface area is 147 Å². The Morgan fingerprint density at radius 1 is 1.14 bits per heavy atom. The molecular weight excluding hydrogens is 388 g/mol. The second-order valence-electron chi connectivity index (χ2n) is 6.08. The molecule has 0 amide bonds. The van der Waals surface area contributed by atoms with E-state index >= 15 is 0 Å². The first-order chi connectivity index (χ1) is 9.91. The van der Waals surface area contributed by atoms with Crippen LogP contribution in [0.4, 0.5) is 0 Å². The third kappa shape index (κ3) is 3.08. The first-order valence-corrected chi connectivity index (χ1v) is 9.65. The van der Waals surface area contributed by atoms with Crippen LogP contribution in [-0.4, -0.2) is 37.9 Å². The molecule has 0 radical (unpaired) electrons. The Morgan fingerprint density at radius 3 is 2.55 bits per heavy atom. The smallest absolute Gasteiger partial charge is 0.243 e. The quantitative estimate of drug-likeness (QED) is 0.817. The van der Waals surface area contributed by atoms with Gasteiger partial charge in [0.25, 0.3) is 0 Å². The summed E-state index contributed by atoms with van der Waals surface area (Å²) in [4.78, 5) is 0.460. The van der Waals surface area contributed by atoms with Gasteiger partial charge in [-0.05, 0) is 62.9 Å². The first kappa shape index (κ1) is 18.2. The highest BCUT2D eigenvalue weighted by Crippen LogP contribution is 2.35. The summed E-state index contributed by atoms with van der Waals surface area (Å²) in [5.41, 5.74) is 1.77. The van der Waals surface area contributed by atoms with Gasteiger partial charge >= 0.3 is 0 Å². The van der Waals surface area contributed by atoms with E-state index in [9.17, 15) is 8.42 Å². The van der Waals surface area contributed by atoms with Crippen molar-refractivity contribution in [2.24, 2.45) is 0 Å². The molecule has 2 unspecified atom stereocenters. The third-order valence-electron chi connectivity index (χ3n) is 4.60. The maximum Gasteiger partial charge on any atom is 0.243 e. The maximum atomic E-state index is 13.2. The van der Waals surface area contributed by atoms with Crippen molar-refractivity contribution in [3.63, 3.8) is 0 Å². The predicted molar refractivity (Wildman–Crippen MR) is 94.2 cm³/mol. The van der Waals surface area contributed by atoms with Crippen molar-refractivity contribution in [1.29, 1.82) is 0 Å². The fourth-order valence-electron chi connectivity index (χ4n) is 3.48. The first-order valence-electron chi connectivity index (χ1n) is 7.42.